The molecule has 310 valence electrons. The zero-order chi connectivity index (χ0) is 41.8. The number of alkyl halides is 3. The Balaban J connectivity index is 1.46. The van der Waals surface area contributed by atoms with Crippen LogP contribution in [0, 0.1) is 0 Å². The number of carbonyl (C=O) groups excluding carboxylic acids is 1. The van der Waals surface area contributed by atoms with Gasteiger partial charge in [-0.2, -0.15) is 13.2 Å². The summed E-state index contributed by atoms with van der Waals surface area (Å²) in [6.45, 7) is 13.8. The second kappa shape index (κ2) is 18.2. The predicted molar refractivity (Wildman–Crippen MR) is 222 cm³/mol. The summed E-state index contributed by atoms with van der Waals surface area (Å²) in [5.41, 5.74) is -2.42. The number of ether oxygens (including phenoxy) is 3. The second-order valence-corrected chi connectivity index (χ2v) is 19.0. The Morgan fingerprint density at radius 1 is 0.860 bits per heavy atom. The van der Waals surface area contributed by atoms with Crippen LogP contribution in [0.5, 0.6) is 5.75 Å². The number of hydrogen-bond donors (Lipinski definition) is 1. The molecule has 1 atom stereocenters. The summed E-state index contributed by atoms with van der Waals surface area (Å²) >= 11 is 12.7. The van der Waals surface area contributed by atoms with E-state index in [0.29, 0.717) is 53.6 Å². The fourth-order valence-electron chi connectivity index (χ4n) is 6.82. The van der Waals surface area contributed by atoms with Gasteiger partial charge in [-0.05, 0) is 127 Å². The van der Waals surface area contributed by atoms with Crippen LogP contribution in [-0.4, -0.2) is 67.5 Å². The Hall–Kier alpha value is -3.42. The van der Waals surface area contributed by atoms with Crippen LogP contribution in [0.2, 0.25) is 10.0 Å². The quantitative estimate of drug-likeness (QED) is 0.0941. The predicted octanol–water partition coefficient (Wildman–Crippen LogP) is 11.2. The molecule has 5 rings (SSSR count). The van der Waals surface area contributed by atoms with E-state index in [1.807, 2.05) is 109 Å². The highest BCUT2D eigenvalue weighted by Gasteiger charge is 2.42. The van der Waals surface area contributed by atoms with Gasteiger partial charge in [-0.1, -0.05) is 47.5 Å². The van der Waals surface area contributed by atoms with Crippen LogP contribution in [0.15, 0.2) is 72.9 Å². The maximum atomic E-state index is 13.2. The highest BCUT2D eigenvalue weighted by Crippen LogP contribution is 2.41. The Morgan fingerprint density at radius 2 is 1.44 bits per heavy atom. The van der Waals surface area contributed by atoms with Gasteiger partial charge in [0, 0.05) is 65.2 Å². The molecule has 0 saturated carbocycles. The summed E-state index contributed by atoms with van der Waals surface area (Å²) in [5, 5.41) is 5.55. The second-order valence-electron chi connectivity index (χ2n) is 16.7. The van der Waals surface area contributed by atoms with E-state index in [1.54, 1.807) is 6.20 Å². The molecular weight excluding hydrogens is 798 g/mol. The topological polar surface area (TPSA) is 90.0 Å². The highest BCUT2D eigenvalue weighted by molar-refractivity contribution is 7.83. The molecule has 0 spiro atoms. The lowest BCUT2D eigenvalue weighted by atomic mass is 9.84. The first-order chi connectivity index (χ1) is 26.6. The third-order valence-corrected chi connectivity index (χ3v) is 11.5. The molecule has 0 radical (unpaired) electrons. The number of benzene rings is 3. The van der Waals surface area contributed by atoms with Gasteiger partial charge >= 0.3 is 11.5 Å². The highest BCUT2D eigenvalue weighted by atomic mass is 35.5. The number of piperidine rings is 1. The number of nitrogens with one attached hydrogen (secondary N) is 1. The largest absolute Gasteiger partial charge is 0.485 e. The lowest BCUT2D eigenvalue weighted by molar-refractivity contribution is -0.156. The Morgan fingerprint density at radius 3 is 1.98 bits per heavy atom. The van der Waals surface area contributed by atoms with Crippen LogP contribution in [0.3, 0.4) is 0 Å². The lowest BCUT2D eigenvalue weighted by Gasteiger charge is -2.33. The molecule has 1 aliphatic heterocycles. The normalized spacial score (nSPS) is 15.5. The minimum absolute atomic E-state index is 0.0374. The first-order valence-corrected chi connectivity index (χ1v) is 20.9. The summed E-state index contributed by atoms with van der Waals surface area (Å²) in [5.74, 6) is 0.00982. The molecule has 1 fully saturated rings. The van der Waals surface area contributed by atoms with Crippen LogP contribution in [0.25, 0.3) is 10.9 Å². The molecule has 2 heterocycles. The summed E-state index contributed by atoms with van der Waals surface area (Å²) in [4.78, 5) is 17.2. The van der Waals surface area contributed by atoms with Crippen LogP contribution in [0.4, 0.5) is 18.9 Å². The van der Waals surface area contributed by atoms with E-state index in [4.69, 9.17) is 42.4 Å². The van der Waals surface area contributed by atoms with Crippen LogP contribution in [-0.2, 0) is 25.3 Å². The SMILES string of the molecule is CC(C)(C)OC(=O)CCC(C)(C)OCCC(C)(C)Oc1cc(C(c2ccc(Cl)cc2)c2ccc(Cl)cc2)cc2c(NC3CCN(S(=O)C(F)(F)F)CC3)ccnc12. The number of esters is 1. The van der Waals surface area contributed by atoms with Crippen molar-refractivity contribution in [2.45, 2.75) is 115 Å². The van der Waals surface area contributed by atoms with Gasteiger partial charge in [0.05, 0.1) is 12.2 Å². The molecule has 57 heavy (non-hydrogen) atoms. The summed E-state index contributed by atoms with van der Waals surface area (Å²) in [6, 6.07) is 21.1. The van der Waals surface area contributed by atoms with Crippen molar-refractivity contribution in [1.29, 1.82) is 0 Å². The van der Waals surface area contributed by atoms with Gasteiger partial charge < -0.3 is 19.5 Å². The minimum Gasteiger partial charge on any atom is -0.485 e. The molecule has 8 nitrogen and oxygen atoms in total. The standard InChI is InChI=1S/C43H52Cl2F3N3O5S/c1-40(2,3)56-37(52)16-20-41(4,5)54-25-21-42(6,7)55-36-27-30(38(28-8-12-31(44)13-9-28)29-10-14-32(45)15-11-29)26-34-35(17-22-49-39(34)36)50-33-18-23-51(24-19-33)57(53)43(46,47)48/h8-15,17,22,26-27,33,38H,16,18-21,23-25H2,1-7H3,(H,49,50). The summed E-state index contributed by atoms with van der Waals surface area (Å²) in [6.07, 6.45) is 3.67. The average molecular weight is 851 g/mol. The van der Waals surface area contributed by atoms with Gasteiger partial charge in [0.2, 0.25) is 11.0 Å². The number of halogens is 5. The van der Waals surface area contributed by atoms with Crippen molar-refractivity contribution < 1.29 is 36.4 Å². The van der Waals surface area contributed by atoms with Crippen molar-refractivity contribution in [2.75, 3.05) is 25.0 Å². The molecule has 0 bridgehead atoms. The minimum atomic E-state index is -4.79. The zero-order valence-corrected chi connectivity index (χ0v) is 35.8. The number of carbonyl (C=O) groups is 1. The van der Waals surface area contributed by atoms with Crippen molar-refractivity contribution in [1.82, 2.24) is 9.29 Å². The zero-order valence-electron chi connectivity index (χ0n) is 33.5. The molecule has 3 aromatic carbocycles. The molecule has 0 aliphatic carbocycles. The van der Waals surface area contributed by atoms with Crippen molar-refractivity contribution >= 4 is 56.7 Å². The molecule has 1 aliphatic rings. The van der Waals surface area contributed by atoms with Crippen LogP contribution >= 0.6 is 23.2 Å². The van der Waals surface area contributed by atoms with E-state index in [0.717, 1.165) is 32.1 Å². The van der Waals surface area contributed by atoms with Crippen molar-refractivity contribution in [3.8, 4) is 5.75 Å². The monoisotopic (exact) mass is 849 g/mol. The number of hydrogen-bond acceptors (Lipinski definition) is 7. The van der Waals surface area contributed by atoms with E-state index in [1.165, 1.54) is 0 Å². The number of rotatable bonds is 15. The van der Waals surface area contributed by atoms with Gasteiger partial charge in [-0.3, -0.25) is 9.78 Å². The maximum Gasteiger partial charge on any atom is 0.485 e. The number of anilines is 1. The third kappa shape index (κ3) is 12.8. The molecule has 1 saturated heterocycles. The Bertz CT molecular complexity index is 1970. The van der Waals surface area contributed by atoms with Crippen LogP contribution in [0.1, 0.15) is 103 Å². The average Bonchev–Trinajstić information content (AvgIpc) is 3.11. The lowest BCUT2D eigenvalue weighted by Crippen LogP contribution is -2.43. The first kappa shape index (κ1) is 44.7. The van der Waals surface area contributed by atoms with E-state index in [-0.39, 0.29) is 37.4 Å². The van der Waals surface area contributed by atoms with Gasteiger partial charge in [0.1, 0.15) is 22.5 Å². The molecule has 4 aromatic rings. The van der Waals surface area contributed by atoms with E-state index in [2.05, 4.69) is 11.4 Å². The Labute approximate surface area is 346 Å². The Kier molecular flexibility index (Phi) is 14.3. The van der Waals surface area contributed by atoms with E-state index >= 15 is 0 Å². The van der Waals surface area contributed by atoms with Crippen molar-refractivity contribution in [3.05, 3.63) is 99.7 Å². The first-order valence-electron chi connectivity index (χ1n) is 19.1. The maximum absolute atomic E-state index is 13.2. The number of fused-ring (bicyclic) bond motifs is 1. The number of pyridine rings is 1. The molecule has 1 N–H and O–H groups in total. The fraction of sp³-hybridized carbons (Fsp3) is 0.488. The summed E-state index contributed by atoms with van der Waals surface area (Å²) < 4.78 is 71.3. The van der Waals surface area contributed by atoms with Gasteiger partial charge in [0.25, 0.3) is 0 Å². The van der Waals surface area contributed by atoms with Crippen molar-refractivity contribution in [2.24, 2.45) is 0 Å². The molecule has 1 aromatic heterocycles. The molecule has 1 unspecified atom stereocenters. The number of nitrogens with zero attached hydrogens (tertiary/aromatic N) is 2. The number of aromatic nitrogens is 1. The molecular formula is C43H52Cl2F3N3O5S. The molecule has 0 amide bonds. The van der Waals surface area contributed by atoms with Gasteiger partial charge in [-0.25, -0.2) is 8.51 Å². The summed E-state index contributed by atoms with van der Waals surface area (Å²) in [7, 11) is -3.05. The smallest absolute Gasteiger partial charge is 0.485 e. The van der Waals surface area contributed by atoms with E-state index in [9.17, 15) is 22.2 Å². The van der Waals surface area contributed by atoms with Crippen molar-refractivity contribution in [3.63, 3.8) is 0 Å². The van der Waals surface area contributed by atoms with Gasteiger partial charge in [-0.15, -0.1) is 0 Å². The van der Waals surface area contributed by atoms with E-state index < -0.39 is 33.3 Å². The molecule has 14 heteroatoms. The van der Waals surface area contributed by atoms with Crippen LogP contribution < -0.4 is 10.1 Å². The van der Waals surface area contributed by atoms with Gasteiger partial charge in [0.15, 0.2) is 0 Å². The fourth-order valence-corrected chi connectivity index (χ4v) is 7.91. The third-order valence-electron chi connectivity index (χ3n) is 9.75.